The number of carbonyl (C=O) groups excluding carboxylic acids is 2. The van der Waals surface area contributed by atoms with Crippen molar-refractivity contribution in [1.82, 2.24) is 10.2 Å². The molecule has 0 radical (unpaired) electrons. The molecular formula is C19H23N3O2. The molecule has 0 aliphatic carbocycles. The number of nitrogens with zero attached hydrogens (tertiary/aromatic N) is 1. The zero-order chi connectivity index (χ0) is 17.5. The van der Waals surface area contributed by atoms with E-state index in [1.807, 2.05) is 37.3 Å². The van der Waals surface area contributed by atoms with Gasteiger partial charge in [0.1, 0.15) is 0 Å². The zero-order valence-corrected chi connectivity index (χ0v) is 14.2. The summed E-state index contributed by atoms with van der Waals surface area (Å²) in [7, 11) is 3.39. The number of hydrogen-bond acceptors (Lipinski definition) is 3. The Balaban J connectivity index is 1.91. The quantitative estimate of drug-likeness (QED) is 0.858. The van der Waals surface area contributed by atoms with E-state index in [-0.39, 0.29) is 24.4 Å². The minimum atomic E-state index is -0.146. The van der Waals surface area contributed by atoms with Gasteiger partial charge in [-0.25, -0.2) is 0 Å². The molecule has 0 aliphatic rings. The predicted molar refractivity (Wildman–Crippen MR) is 95.9 cm³/mol. The van der Waals surface area contributed by atoms with E-state index in [0.29, 0.717) is 11.3 Å². The maximum atomic E-state index is 12.1. The molecule has 0 saturated heterocycles. The highest BCUT2D eigenvalue weighted by molar-refractivity contribution is 5.97. The number of anilines is 1. The van der Waals surface area contributed by atoms with E-state index in [2.05, 4.69) is 10.6 Å². The number of rotatable bonds is 6. The minimum Gasteiger partial charge on any atom is -0.345 e. The lowest BCUT2D eigenvalue weighted by molar-refractivity contribution is -0.115. The second-order valence-electron chi connectivity index (χ2n) is 5.84. The summed E-state index contributed by atoms with van der Waals surface area (Å²) in [5.41, 5.74) is 2.29. The molecule has 5 heteroatoms. The Morgan fingerprint density at radius 3 is 2.42 bits per heavy atom. The molecular weight excluding hydrogens is 302 g/mol. The predicted octanol–water partition coefficient (Wildman–Crippen LogP) is 2.68. The van der Waals surface area contributed by atoms with Gasteiger partial charge in [0.2, 0.25) is 5.91 Å². The van der Waals surface area contributed by atoms with Crippen LogP contribution in [0.2, 0.25) is 0 Å². The maximum Gasteiger partial charge on any atom is 0.253 e. The largest absolute Gasteiger partial charge is 0.345 e. The van der Waals surface area contributed by atoms with E-state index in [0.717, 1.165) is 5.56 Å². The number of benzene rings is 2. The molecule has 0 fully saturated rings. The lowest BCUT2D eigenvalue weighted by atomic mass is 10.1. The van der Waals surface area contributed by atoms with E-state index in [1.165, 1.54) is 4.90 Å². The van der Waals surface area contributed by atoms with Crippen molar-refractivity contribution in [3.05, 3.63) is 65.7 Å². The molecule has 2 amide bonds. The fourth-order valence-corrected chi connectivity index (χ4v) is 2.30. The van der Waals surface area contributed by atoms with E-state index in [9.17, 15) is 9.59 Å². The SMILES string of the molecule is CC(NCC(=O)Nc1cccc(C(=O)N(C)C)c1)c1ccccc1. The molecule has 0 bridgehead atoms. The summed E-state index contributed by atoms with van der Waals surface area (Å²) < 4.78 is 0. The Labute approximate surface area is 142 Å². The van der Waals surface area contributed by atoms with Crippen LogP contribution in [-0.2, 0) is 4.79 Å². The van der Waals surface area contributed by atoms with Crippen LogP contribution in [0.3, 0.4) is 0 Å². The van der Waals surface area contributed by atoms with Crippen LogP contribution >= 0.6 is 0 Å². The Hall–Kier alpha value is -2.66. The molecule has 0 spiro atoms. The van der Waals surface area contributed by atoms with Crippen molar-refractivity contribution in [3.8, 4) is 0 Å². The molecule has 0 aromatic heterocycles. The van der Waals surface area contributed by atoms with Crippen LogP contribution in [0.4, 0.5) is 5.69 Å². The smallest absolute Gasteiger partial charge is 0.253 e. The first-order valence-corrected chi connectivity index (χ1v) is 7.87. The van der Waals surface area contributed by atoms with Crippen LogP contribution in [0.15, 0.2) is 54.6 Å². The number of amides is 2. The first-order chi connectivity index (χ1) is 11.5. The number of carbonyl (C=O) groups is 2. The van der Waals surface area contributed by atoms with Gasteiger partial charge < -0.3 is 15.5 Å². The summed E-state index contributed by atoms with van der Waals surface area (Å²) in [4.78, 5) is 25.6. The van der Waals surface area contributed by atoms with Crippen LogP contribution in [0.5, 0.6) is 0 Å². The molecule has 0 aliphatic heterocycles. The summed E-state index contributed by atoms with van der Waals surface area (Å²) in [5, 5.41) is 6.00. The van der Waals surface area contributed by atoms with Crippen molar-refractivity contribution in [2.75, 3.05) is 26.0 Å². The van der Waals surface area contributed by atoms with Crippen molar-refractivity contribution in [2.24, 2.45) is 0 Å². The van der Waals surface area contributed by atoms with Crippen LogP contribution < -0.4 is 10.6 Å². The summed E-state index contributed by atoms with van der Waals surface area (Å²) in [6.45, 7) is 2.21. The molecule has 0 saturated carbocycles. The molecule has 2 aromatic rings. The molecule has 1 atom stereocenters. The monoisotopic (exact) mass is 325 g/mol. The summed E-state index contributed by atoms with van der Waals surface area (Å²) in [5.74, 6) is -0.242. The van der Waals surface area contributed by atoms with Gasteiger partial charge in [0, 0.05) is 31.4 Å². The Morgan fingerprint density at radius 1 is 1.04 bits per heavy atom. The Kier molecular flexibility index (Phi) is 6.09. The standard InChI is InChI=1S/C19H23N3O2/c1-14(15-8-5-4-6-9-15)20-13-18(23)21-17-11-7-10-16(12-17)19(24)22(2)3/h4-12,14,20H,13H2,1-3H3,(H,21,23). The summed E-state index contributed by atoms with van der Waals surface area (Å²) >= 11 is 0. The lowest BCUT2D eigenvalue weighted by Gasteiger charge is -2.15. The fourth-order valence-electron chi connectivity index (χ4n) is 2.30. The average Bonchev–Trinajstić information content (AvgIpc) is 2.60. The van der Waals surface area contributed by atoms with E-state index >= 15 is 0 Å². The summed E-state index contributed by atoms with van der Waals surface area (Å²) in [6.07, 6.45) is 0. The topological polar surface area (TPSA) is 61.4 Å². The van der Waals surface area contributed by atoms with Crippen molar-refractivity contribution in [2.45, 2.75) is 13.0 Å². The molecule has 5 nitrogen and oxygen atoms in total. The van der Waals surface area contributed by atoms with E-state index in [1.54, 1.807) is 38.4 Å². The van der Waals surface area contributed by atoms with Crippen molar-refractivity contribution in [3.63, 3.8) is 0 Å². The van der Waals surface area contributed by atoms with E-state index < -0.39 is 0 Å². The molecule has 24 heavy (non-hydrogen) atoms. The molecule has 0 heterocycles. The first kappa shape index (κ1) is 17.7. The van der Waals surface area contributed by atoms with Gasteiger partial charge in [0.15, 0.2) is 0 Å². The third kappa shape index (κ3) is 4.93. The molecule has 1 unspecified atom stereocenters. The van der Waals surface area contributed by atoms with Crippen LogP contribution in [0, 0.1) is 0 Å². The molecule has 2 rings (SSSR count). The van der Waals surface area contributed by atoms with Gasteiger partial charge in [-0.1, -0.05) is 36.4 Å². The molecule has 2 aromatic carbocycles. The van der Waals surface area contributed by atoms with Crippen LogP contribution in [0.25, 0.3) is 0 Å². The fraction of sp³-hybridized carbons (Fsp3) is 0.263. The highest BCUT2D eigenvalue weighted by Gasteiger charge is 2.10. The third-order valence-electron chi connectivity index (χ3n) is 3.67. The lowest BCUT2D eigenvalue weighted by Crippen LogP contribution is -2.30. The van der Waals surface area contributed by atoms with Gasteiger partial charge in [0.25, 0.3) is 5.91 Å². The second kappa shape index (κ2) is 8.26. The van der Waals surface area contributed by atoms with Crippen molar-refractivity contribution >= 4 is 17.5 Å². The van der Waals surface area contributed by atoms with Crippen molar-refractivity contribution in [1.29, 1.82) is 0 Å². The number of nitrogens with one attached hydrogen (secondary N) is 2. The average molecular weight is 325 g/mol. The maximum absolute atomic E-state index is 12.1. The summed E-state index contributed by atoms with van der Waals surface area (Å²) in [6, 6.07) is 17.0. The van der Waals surface area contributed by atoms with Crippen molar-refractivity contribution < 1.29 is 9.59 Å². The molecule has 126 valence electrons. The van der Waals surface area contributed by atoms with Crippen LogP contribution in [0.1, 0.15) is 28.9 Å². The Morgan fingerprint density at radius 2 is 1.75 bits per heavy atom. The highest BCUT2D eigenvalue weighted by Crippen LogP contribution is 2.13. The van der Waals surface area contributed by atoms with E-state index in [4.69, 9.17) is 0 Å². The number of hydrogen-bond donors (Lipinski definition) is 2. The zero-order valence-electron chi connectivity index (χ0n) is 14.2. The van der Waals surface area contributed by atoms with Gasteiger partial charge >= 0.3 is 0 Å². The van der Waals surface area contributed by atoms with Gasteiger partial charge in [-0.2, -0.15) is 0 Å². The van der Waals surface area contributed by atoms with Crippen LogP contribution in [-0.4, -0.2) is 37.4 Å². The third-order valence-corrected chi connectivity index (χ3v) is 3.67. The van der Waals surface area contributed by atoms with Gasteiger partial charge in [-0.3, -0.25) is 9.59 Å². The normalized spacial score (nSPS) is 11.6. The van der Waals surface area contributed by atoms with Gasteiger partial charge in [-0.15, -0.1) is 0 Å². The minimum absolute atomic E-state index is 0.0820. The highest BCUT2D eigenvalue weighted by atomic mass is 16.2. The molecule has 2 N–H and O–H groups in total. The first-order valence-electron chi connectivity index (χ1n) is 7.87. The second-order valence-corrected chi connectivity index (χ2v) is 5.84. The van der Waals surface area contributed by atoms with Gasteiger partial charge in [-0.05, 0) is 30.7 Å². The van der Waals surface area contributed by atoms with Gasteiger partial charge in [0.05, 0.1) is 6.54 Å². The Bertz CT molecular complexity index is 699.